The molecular formula is C16H26N2O2. The molecule has 0 spiro atoms. The van der Waals surface area contributed by atoms with Crippen molar-refractivity contribution in [2.24, 2.45) is 0 Å². The monoisotopic (exact) mass is 278 g/mol. The Morgan fingerprint density at radius 1 is 1.30 bits per heavy atom. The van der Waals surface area contributed by atoms with Crippen LogP contribution in [0, 0.1) is 0 Å². The van der Waals surface area contributed by atoms with Crippen LogP contribution in [0.25, 0.3) is 0 Å². The summed E-state index contributed by atoms with van der Waals surface area (Å²) in [5, 5.41) is 6.22. The lowest BCUT2D eigenvalue weighted by Gasteiger charge is -2.12. The summed E-state index contributed by atoms with van der Waals surface area (Å²) in [6.07, 6.45) is 2.30. The Morgan fingerprint density at radius 2 is 2.05 bits per heavy atom. The fourth-order valence-corrected chi connectivity index (χ4v) is 1.76. The number of rotatable bonds is 9. The standard InChI is InChI=1S/C16H26N2O2/c1-4-12-20-15-9-6-5-8-14(15)18-16(19)10-7-11-17-13(2)3/h5-6,8-9,13,17H,4,7,10-12H2,1-3H3,(H,18,19). The van der Waals surface area contributed by atoms with Gasteiger partial charge in [0.25, 0.3) is 0 Å². The summed E-state index contributed by atoms with van der Waals surface area (Å²) in [4.78, 5) is 11.9. The van der Waals surface area contributed by atoms with Crippen molar-refractivity contribution in [3.05, 3.63) is 24.3 Å². The van der Waals surface area contributed by atoms with Gasteiger partial charge in [-0.25, -0.2) is 0 Å². The van der Waals surface area contributed by atoms with E-state index in [2.05, 4.69) is 31.4 Å². The fraction of sp³-hybridized carbons (Fsp3) is 0.562. The van der Waals surface area contributed by atoms with Crippen molar-refractivity contribution < 1.29 is 9.53 Å². The van der Waals surface area contributed by atoms with Crippen molar-refractivity contribution >= 4 is 11.6 Å². The molecular weight excluding hydrogens is 252 g/mol. The Balaban J connectivity index is 2.41. The van der Waals surface area contributed by atoms with Crippen molar-refractivity contribution in [2.45, 2.75) is 46.1 Å². The van der Waals surface area contributed by atoms with Crippen LogP contribution in [0.5, 0.6) is 5.75 Å². The Bertz CT molecular complexity index is 405. The highest BCUT2D eigenvalue weighted by atomic mass is 16.5. The second kappa shape index (κ2) is 9.37. The summed E-state index contributed by atoms with van der Waals surface area (Å²) in [7, 11) is 0. The molecule has 1 amide bonds. The summed E-state index contributed by atoms with van der Waals surface area (Å²) >= 11 is 0. The summed E-state index contributed by atoms with van der Waals surface area (Å²) in [5.41, 5.74) is 0.753. The highest BCUT2D eigenvalue weighted by Crippen LogP contribution is 2.24. The van der Waals surface area contributed by atoms with Gasteiger partial charge in [0.05, 0.1) is 12.3 Å². The summed E-state index contributed by atoms with van der Waals surface area (Å²) < 4.78 is 5.62. The maximum atomic E-state index is 11.9. The van der Waals surface area contributed by atoms with Crippen LogP contribution in [0.1, 0.15) is 40.0 Å². The first-order chi connectivity index (χ1) is 9.63. The molecule has 1 aromatic carbocycles. The normalized spacial score (nSPS) is 10.6. The first-order valence-corrected chi connectivity index (χ1v) is 7.38. The molecule has 4 nitrogen and oxygen atoms in total. The first-order valence-electron chi connectivity index (χ1n) is 7.38. The van der Waals surface area contributed by atoms with Gasteiger partial charge in [-0.1, -0.05) is 32.9 Å². The number of nitrogens with one attached hydrogen (secondary N) is 2. The van der Waals surface area contributed by atoms with E-state index in [4.69, 9.17) is 4.74 Å². The van der Waals surface area contributed by atoms with Crippen molar-refractivity contribution in [3.8, 4) is 5.75 Å². The second-order valence-corrected chi connectivity index (χ2v) is 5.11. The van der Waals surface area contributed by atoms with E-state index in [-0.39, 0.29) is 5.91 Å². The number of para-hydroxylation sites is 2. The zero-order chi connectivity index (χ0) is 14.8. The van der Waals surface area contributed by atoms with E-state index < -0.39 is 0 Å². The van der Waals surface area contributed by atoms with Crippen LogP contribution >= 0.6 is 0 Å². The molecule has 0 radical (unpaired) electrons. The van der Waals surface area contributed by atoms with E-state index in [9.17, 15) is 4.79 Å². The van der Waals surface area contributed by atoms with Gasteiger partial charge in [0.15, 0.2) is 0 Å². The molecule has 0 heterocycles. The molecule has 0 saturated carbocycles. The van der Waals surface area contributed by atoms with Crippen molar-refractivity contribution in [1.29, 1.82) is 0 Å². The predicted octanol–water partition coefficient (Wildman–Crippen LogP) is 3.19. The third-order valence-corrected chi connectivity index (χ3v) is 2.76. The van der Waals surface area contributed by atoms with Crippen LogP contribution in [-0.2, 0) is 4.79 Å². The Hall–Kier alpha value is -1.55. The van der Waals surface area contributed by atoms with Gasteiger partial charge >= 0.3 is 0 Å². The Labute approximate surface area is 121 Å². The van der Waals surface area contributed by atoms with Crippen LogP contribution in [0.4, 0.5) is 5.69 Å². The van der Waals surface area contributed by atoms with Crippen LogP contribution in [-0.4, -0.2) is 25.1 Å². The van der Waals surface area contributed by atoms with E-state index in [1.807, 2.05) is 24.3 Å². The molecule has 112 valence electrons. The lowest BCUT2D eigenvalue weighted by molar-refractivity contribution is -0.116. The maximum Gasteiger partial charge on any atom is 0.224 e. The minimum atomic E-state index is 0.0307. The highest BCUT2D eigenvalue weighted by molar-refractivity contribution is 5.92. The van der Waals surface area contributed by atoms with Crippen molar-refractivity contribution in [3.63, 3.8) is 0 Å². The van der Waals surface area contributed by atoms with Gasteiger partial charge in [0.2, 0.25) is 5.91 Å². The van der Waals surface area contributed by atoms with Crippen LogP contribution in [0.15, 0.2) is 24.3 Å². The summed E-state index contributed by atoms with van der Waals surface area (Å²) in [5.74, 6) is 0.770. The molecule has 0 aliphatic carbocycles. The Morgan fingerprint density at radius 3 is 2.75 bits per heavy atom. The molecule has 0 aliphatic rings. The number of amides is 1. The number of hydrogen-bond donors (Lipinski definition) is 2. The average Bonchev–Trinajstić information content (AvgIpc) is 2.42. The summed E-state index contributed by atoms with van der Waals surface area (Å²) in [6, 6.07) is 8.02. The van der Waals surface area contributed by atoms with E-state index in [0.29, 0.717) is 19.1 Å². The predicted molar refractivity (Wildman–Crippen MR) is 83.2 cm³/mol. The number of carbonyl (C=O) groups excluding carboxylic acids is 1. The lowest BCUT2D eigenvalue weighted by atomic mass is 10.2. The molecule has 1 rings (SSSR count). The Kier molecular flexibility index (Phi) is 7.73. The van der Waals surface area contributed by atoms with E-state index in [1.54, 1.807) is 0 Å². The lowest BCUT2D eigenvalue weighted by Crippen LogP contribution is -2.24. The molecule has 4 heteroatoms. The fourth-order valence-electron chi connectivity index (χ4n) is 1.76. The number of hydrogen-bond acceptors (Lipinski definition) is 3. The maximum absolute atomic E-state index is 11.9. The SMILES string of the molecule is CCCOc1ccccc1NC(=O)CCCNC(C)C. The molecule has 0 atom stereocenters. The topological polar surface area (TPSA) is 50.4 Å². The molecule has 0 aromatic heterocycles. The molecule has 0 unspecified atom stereocenters. The quantitative estimate of drug-likeness (QED) is 0.682. The van der Waals surface area contributed by atoms with E-state index in [0.717, 1.165) is 30.8 Å². The molecule has 1 aromatic rings. The van der Waals surface area contributed by atoms with Gasteiger partial charge in [-0.3, -0.25) is 4.79 Å². The number of carbonyl (C=O) groups is 1. The molecule has 0 aliphatic heterocycles. The van der Waals surface area contributed by atoms with Gasteiger partial charge in [0, 0.05) is 12.5 Å². The average molecular weight is 278 g/mol. The van der Waals surface area contributed by atoms with Crippen LogP contribution < -0.4 is 15.4 Å². The van der Waals surface area contributed by atoms with Crippen LogP contribution in [0.3, 0.4) is 0 Å². The van der Waals surface area contributed by atoms with E-state index in [1.165, 1.54) is 0 Å². The van der Waals surface area contributed by atoms with Gasteiger partial charge in [-0.05, 0) is 31.5 Å². The summed E-state index contributed by atoms with van der Waals surface area (Å²) in [6.45, 7) is 7.77. The molecule has 0 saturated heterocycles. The van der Waals surface area contributed by atoms with Gasteiger partial charge in [-0.15, -0.1) is 0 Å². The van der Waals surface area contributed by atoms with Crippen molar-refractivity contribution in [1.82, 2.24) is 5.32 Å². The number of anilines is 1. The van der Waals surface area contributed by atoms with Gasteiger partial charge in [0.1, 0.15) is 5.75 Å². The van der Waals surface area contributed by atoms with E-state index >= 15 is 0 Å². The van der Waals surface area contributed by atoms with Crippen LogP contribution in [0.2, 0.25) is 0 Å². The molecule has 2 N–H and O–H groups in total. The van der Waals surface area contributed by atoms with Crippen molar-refractivity contribution in [2.75, 3.05) is 18.5 Å². The third-order valence-electron chi connectivity index (χ3n) is 2.76. The minimum absolute atomic E-state index is 0.0307. The molecule has 20 heavy (non-hydrogen) atoms. The molecule has 0 bridgehead atoms. The smallest absolute Gasteiger partial charge is 0.224 e. The number of ether oxygens (including phenoxy) is 1. The second-order valence-electron chi connectivity index (χ2n) is 5.11. The minimum Gasteiger partial charge on any atom is -0.491 e. The van der Waals surface area contributed by atoms with Gasteiger partial charge < -0.3 is 15.4 Å². The third kappa shape index (κ3) is 6.57. The zero-order valence-corrected chi connectivity index (χ0v) is 12.7. The zero-order valence-electron chi connectivity index (χ0n) is 12.7. The molecule has 0 fully saturated rings. The number of benzene rings is 1. The highest BCUT2D eigenvalue weighted by Gasteiger charge is 2.07. The largest absolute Gasteiger partial charge is 0.491 e. The first kappa shape index (κ1) is 16.5. The van der Waals surface area contributed by atoms with Gasteiger partial charge in [-0.2, -0.15) is 0 Å².